The Hall–Kier alpha value is -2.88. The number of para-hydroxylation sites is 1. The van der Waals surface area contributed by atoms with Crippen molar-refractivity contribution in [3.8, 4) is 0 Å². The Morgan fingerprint density at radius 3 is 2.88 bits per heavy atom. The molecule has 2 aromatic heterocycles. The predicted octanol–water partition coefficient (Wildman–Crippen LogP) is 0.741. The van der Waals surface area contributed by atoms with Crippen LogP contribution in [0.3, 0.4) is 0 Å². The number of anilines is 1. The van der Waals surface area contributed by atoms with Crippen molar-refractivity contribution in [3.63, 3.8) is 0 Å². The summed E-state index contributed by atoms with van der Waals surface area (Å²) in [6.45, 7) is 0. The van der Waals surface area contributed by atoms with E-state index in [4.69, 9.17) is 0 Å². The molecule has 2 heterocycles. The van der Waals surface area contributed by atoms with Crippen LogP contribution in [-0.4, -0.2) is 42.6 Å². The molecule has 0 bridgehead atoms. The van der Waals surface area contributed by atoms with Crippen LogP contribution in [0.25, 0.3) is 10.9 Å². The third-order valence-corrected chi connectivity index (χ3v) is 4.35. The fraction of sp³-hybridized carbons (Fsp3) is 0.267. The molecule has 9 nitrogen and oxygen atoms in total. The van der Waals surface area contributed by atoms with Gasteiger partial charge in [-0.15, -0.1) is 0 Å². The van der Waals surface area contributed by atoms with Crippen LogP contribution in [0, 0.1) is 0 Å². The molecule has 1 amide bonds. The number of thioether (sulfide) groups is 1. The summed E-state index contributed by atoms with van der Waals surface area (Å²) in [5.74, 6) is 0.255. The Kier molecular flexibility index (Phi) is 4.98. The van der Waals surface area contributed by atoms with Gasteiger partial charge in [-0.2, -0.15) is 21.8 Å². The first kappa shape index (κ1) is 17.0. The number of hydrogen-bond donors (Lipinski definition) is 3. The fourth-order valence-corrected chi connectivity index (χ4v) is 2.99. The number of carbonyl (C=O) groups excluding carboxylic acids is 1. The highest BCUT2D eigenvalue weighted by Crippen LogP contribution is 2.14. The largest absolute Gasteiger partial charge is 0.329 e. The Labute approximate surface area is 145 Å². The maximum absolute atomic E-state index is 12.8. The van der Waals surface area contributed by atoms with Crippen LogP contribution in [0.15, 0.2) is 40.2 Å². The summed E-state index contributed by atoms with van der Waals surface area (Å²) >= 11 is 1.52. The molecule has 0 saturated carbocycles. The summed E-state index contributed by atoms with van der Waals surface area (Å²) in [6, 6.07) is 5.73. The van der Waals surface area contributed by atoms with Crippen LogP contribution < -0.4 is 16.6 Å². The van der Waals surface area contributed by atoms with Gasteiger partial charge in [-0.05, 0) is 30.6 Å². The van der Waals surface area contributed by atoms with E-state index in [0.717, 1.165) is 4.57 Å². The standard InChI is InChI=1S/C15H16N6O3S/c1-25-7-6-11(12(22)19-14-16-8-17-20-14)21-13(23)9-4-2-3-5-10(9)18-15(21)24/h2-5,8,11H,6-7H2,1H3,(H,18,24)(H2,16,17,19,20,22)/t11-/m0/s1. The molecule has 3 aromatic rings. The van der Waals surface area contributed by atoms with E-state index in [9.17, 15) is 14.4 Å². The van der Waals surface area contributed by atoms with Crippen molar-refractivity contribution < 1.29 is 4.79 Å². The fourth-order valence-electron chi connectivity index (χ4n) is 2.53. The Bertz CT molecular complexity index is 994. The lowest BCUT2D eigenvalue weighted by molar-refractivity contribution is -0.119. The predicted molar refractivity (Wildman–Crippen MR) is 95.9 cm³/mol. The van der Waals surface area contributed by atoms with Gasteiger partial charge in [-0.1, -0.05) is 12.1 Å². The van der Waals surface area contributed by atoms with E-state index >= 15 is 0 Å². The molecule has 1 atom stereocenters. The van der Waals surface area contributed by atoms with E-state index in [-0.39, 0.29) is 5.95 Å². The Morgan fingerprint density at radius 2 is 2.16 bits per heavy atom. The third-order valence-electron chi connectivity index (χ3n) is 3.70. The highest BCUT2D eigenvalue weighted by Gasteiger charge is 2.25. The summed E-state index contributed by atoms with van der Waals surface area (Å²) in [5, 5.41) is 9.06. The van der Waals surface area contributed by atoms with Gasteiger partial charge in [0.25, 0.3) is 5.56 Å². The minimum atomic E-state index is -0.960. The zero-order valence-corrected chi connectivity index (χ0v) is 14.2. The lowest BCUT2D eigenvalue weighted by Crippen LogP contribution is -2.43. The molecule has 25 heavy (non-hydrogen) atoms. The first-order chi connectivity index (χ1) is 12.1. The van der Waals surface area contributed by atoms with Gasteiger partial charge < -0.3 is 4.98 Å². The lowest BCUT2D eigenvalue weighted by atomic mass is 10.2. The molecule has 0 radical (unpaired) electrons. The number of carbonyl (C=O) groups is 1. The second-order valence-electron chi connectivity index (χ2n) is 5.27. The molecule has 0 aliphatic carbocycles. The van der Waals surface area contributed by atoms with Crippen LogP contribution in [0.4, 0.5) is 5.95 Å². The van der Waals surface area contributed by atoms with Gasteiger partial charge in [0.1, 0.15) is 12.4 Å². The molecule has 130 valence electrons. The zero-order chi connectivity index (χ0) is 17.8. The first-order valence-corrected chi connectivity index (χ1v) is 8.90. The molecule has 0 saturated heterocycles. The van der Waals surface area contributed by atoms with Crippen molar-refractivity contribution in [2.75, 3.05) is 17.3 Å². The molecule has 3 N–H and O–H groups in total. The summed E-state index contributed by atoms with van der Waals surface area (Å²) < 4.78 is 0.963. The monoisotopic (exact) mass is 360 g/mol. The number of H-pyrrole nitrogens is 2. The molecule has 0 spiro atoms. The van der Waals surface area contributed by atoms with Crippen LogP contribution in [0.2, 0.25) is 0 Å². The SMILES string of the molecule is CSCC[C@@H](C(=O)Nc1ncn[nH]1)n1c(=O)[nH]c2ccccc2c1=O. The van der Waals surface area contributed by atoms with Gasteiger partial charge in [0.05, 0.1) is 10.9 Å². The molecule has 1 aromatic carbocycles. The van der Waals surface area contributed by atoms with E-state index in [2.05, 4.69) is 25.5 Å². The minimum Gasteiger partial charge on any atom is -0.307 e. The van der Waals surface area contributed by atoms with Gasteiger partial charge in [-0.3, -0.25) is 14.9 Å². The zero-order valence-electron chi connectivity index (χ0n) is 13.4. The number of rotatable bonds is 6. The van der Waals surface area contributed by atoms with E-state index < -0.39 is 23.2 Å². The van der Waals surface area contributed by atoms with Gasteiger partial charge in [0, 0.05) is 0 Å². The normalized spacial score (nSPS) is 12.2. The second kappa shape index (κ2) is 7.34. The second-order valence-corrected chi connectivity index (χ2v) is 6.26. The van der Waals surface area contributed by atoms with Crippen molar-refractivity contribution in [3.05, 3.63) is 51.4 Å². The lowest BCUT2D eigenvalue weighted by Gasteiger charge is -2.17. The molecule has 0 aliphatic heterocycles. The number of aromatic amines is 2. The quantitative estimate of drug-likeness (QED) is 0.595. The van der Waals surface area contributed by atoms with Crippen LogP contribution in [0.1, 0.15) is 12.5 Å². The maximum atomic E-state index is 12.8. The van der Waals surface area contributed by atoms with Gasteiger partial charge in [-0.25, -0.2) is 14.5 Å². The van der Waals surface area contributed by atoms with E-state index in [0.29, 0.717) is 23.1 Å². The van der Waals surface area contributed by atoms with Crippen molar-refractivity contribution >= 4 is 34.5 Å². The van der Waals surface area contributed by atoms with Gasteiger partial charge in [0.15, 0.2) is 0 Å². The summed E-state index contributed by atoms with van der Waals surface area (Å²) in [5.41, 5.74) is -0.686. The topological polar surface area (TPSA) is 126 Å². The van der Waals surface area contributed by atoms with E-state index in [1.54, 1.807) is 24.3 Å². The number of nitrogens with zero attached hydrogens (tertiary/aromatic N) is 3. The number of nitrogens with one attached hydrogen (secondary N) is 3. The molecule has 0 unspecified atom stereocenters. The number of fused-ring (bicyclic) bond motifs is 1. The maximum Gasteiger partial charge on any atom is 0.329 e. The number of benzene rings is 1. The summed E-state index contributed by atoms with van der Waals surface area (Å²) in [4.78, 5) is 44.4. The smallest absolute Gasteiger partial charge is 0.307 e. The highest BCUT2D eigenvalue weighted by atomic mass is 32.2. The van der Waals surface area contributed by atoms with Crippen LogP contribution in [-0.2, 0) is 4.79 Å². The Balaban J connectivity index is 2.06. The van der Waals surface area contributed by atoms with Crippen molar-refractivity contribution in [2.45, 2.75) is 12.5 Å². The van der Waals surface area contributed by atoms with E-state index in [1.165, 1.54) is 18.1 Å². The molecule has 10 heteroatoms. The molecule has 0 fully saturated rings. The summed E-state index contributed by atoms with van der Waals surface area (Å²) in [6.07, 6.45) is 3.46. The van der Waals surface area contributed by atoms with Crippen molar-refractivity contribution in [2.24, 2.45) is 0 Å². The van der Waals surface area contributed by atoms with Gasteiger partial charge >= 0.3 is 5.69 Å². The van der Waals surface area contributed by atoms with E-state index in [1.807, 2.05) is 6.26 Å². The molecule has 3 rings (SSSR count). The molecular weight excluding hydrogens is 344 g/mol. The Morgan fingerprint density at radius 1 is 1.36 bits per heavy atom. The van der Waals surface area contributed by atoms with Crippen LogP contribution >= 0.6 is 11.8 Å². The molecular formula is C15H16N6O3S. The van der Waals surface area contributed by atoms with Gasteiger partial charge in [0.2, 0.25) is 11.9 Å². The molecule has 0 aliphatic rings. The number of amides is 1. The minimum absolute atomic E-state index is 0.157. The van der Waals surface area contributed by atoms with Crippen molar-refractivity contribution in [1.29, 1.82) is 0 Å². The highest BCUT2D eigenvalue weighted by molar-refractivity contribution is 7.98. The van der Waals surface area contributed by atoms with Crippen molar-refractivity contribution in [1.82, 2.24) is 24.7 Å². The third kappa shape index (κ3) is 3.48. The average Bonchev–Trinajstić information content (AvgIpc) is 3.10. The average molecular weight is 360 g/mol. The number of hydrogen-bond acceptors (Lipinski definition) is 6. The van der Waals surface area contributed by atoms with Crippen LogP contribution in [0.5, 0.6) is 0 Å². The number of aromatic nitrogens is 5. The summed E-state index contributed by atoms with van der Waals surface area (Å²) in [7, 11) is 0. The first-order valence-electron chi connectivity index (χ1n) is 7.50.